The summed E-state index contributed by atoms with van der Waals surface area (Å²) in [7, 11) is 0. The lowest BCUT2D eigenvalue weighted by atomic mass is 9.83. The van der Waals surface area contributed by atoms with Gasteiger partial charge in [0, 0.05) is 31.4 Å². The summed E-state index contributed by atoms with van der Waals surface area (Å²) >= 11 is 5.25. The molecule has 0 N–H and O–H groups in total. The minimum absolute atomic E-state index is 0.301. The van der Waals surface area contributed by atoms with Crippen LogP contribution in [0.4, 0.5) is 0 Å². The second kappa shape index (κ2) is 4.42. The molecule has 3 unspecified atom stereocenters. The largest absolute Gasteiger partial charge is 0.294 e. The van der Waals surface area contributed by atoms with Gasteiger partial charge >= 0.3 is 0 Å². The molecule has 2 aromatic rings. The fourth-order valence-electron chi connectivity index (χ4n) is 3.98. The fourth-order valence-corrected chi connectivity index (χ4v) is 5.59. The van der Waals surface area contributed by atoms with Crippen molar-refractivity contribution >= 4 is 43.1 Å². The van der Waals surface area contributed by atoms with Gasteiger partial charge in [0.05, 0.1) is 0 Å². The molecule has 0 saturated heterocycles. The van der Waals surface area contributed by atoms with E-state index in [1.54, 1.807) is 11.3 Å². The molecule has 2 fully saturated rings. The Labute approximate surface area is 125 Å². The van der Waals surface area contributed by atoms with E-state index in [-0.39, 0.29) is 0 Å². The van der Waals surface area contributed by atoms with Crippen LogP contribution in [0.2, 0.25) is 0 Å². The molecule has 1 heterocycles. The topological polar surface area (TPSA) is 17.1 Å². The summed E-state index contributed by atoms with van der Waals surface area (Å²) < 4.78 is 2.30. The molecule has 19 heavy (non-hydrogen) atoms. The van der Waals surface area contributed by atoms with Crippen LogP contribution < -0.4 is 0 Å². The second-order valence-electron chi connectivity index (χ2n) is 5.91. The molecule has 0 radical (unpaired) electrons. The number of thiophene rings is 1. The van der Waals surface area contributed by atoms with E-state index in [0.717, 1.165) is 27.8 Å². The van der Waals surface area contributed by atoms with Crippen LogP contribution in [0.25, 0.3) is 10.1 Å². The molecule has 2 aliphatic carbocycles. The van der Waals surface area contributed by atoms with Crippen LogP contribution in [0.3, 0.4) is 0 Å². The Morgan fingerprint density at radius 1 is 1.26 bits per heavy atom. The van der Waals surface area contributed by atoms with E-state index in [0.29, 0.717) is 17.6 Å². The van der Waals surface area contributed by atoms with Crippen molar-refractivity contribution in [3.05, 3.63) is 33.6 Å². The number of hydrogen-bond acceptors (Lipinski definition) is 2. The number of carbonyl (C=O) groups is 1. The Morgan fingerprint density at radius 2 is 2.16 bits per heavy atom. The predicted octanol–water partition coefficient (Wildman–Crippen LogP) is 5.28. The van der Waals surface area contributed by atoms with Crippen molar-refractivity contribution in [1.29, 1.82) is 0 Å². The van der Waals surface area contributed by atoms with Gasteiger partial charge < -0.3 is 0 Å². The molecule has 0 aliphatic heterocycles. The Balaban J connectivity index is 1.74. The van der Waals surface area contributed by atoms with Crippen molar-refractivity contribution in [3.63, 3.8) is 0 Å². The number of ketones is 1. The number of fused-ring (bicyclic) bond motifs is 3. The van der Waals surface area contributed by atoms with E-state index in [1.807, 2.05) is 12.1 Å². The summed E-state index contributed by atoms with van der Waals surface area (Å²) in [4.78, 5) is 12.8. The monoisotopic (exact) mass is 334 g/mol. The minimum Gasteiger partial charge on any atom is -0.294 e. The summed E-state index contributed by atoms with van der Waals surface area (Å²) in [5, 5.41) is 3.19. The van der Waals surface area contributed by atoms with Crippen LogP contribution in [0.1, 0.15) is 36.0 Å². The third-order valence-electron chi connectivity index (χ3n) is 4.89. The Morgan fingerprint density at radius 3 is 2.89 bits per heavy atom. The van der Waals surface area contributed by atoms with Gasteiger partial charge in [0.25, 0.3) is 0 Å². The zero-order chi connectivity index (χ0) is 13.0. The molecule has 0 amide bonds. The highest BCUT2D eigenvalue weighted by Crippen LogP contribution is 2.50. The fraction of sp³-hybridized carbons (Fsp3) is 0.438. The molecule has 1 aromatic carbocycles. The first-order valence-electron chi connectivity index (χ1n) is 6.94. The Hall–Kier alpha value is -0.670. The second-order valence-corrected chi connectivity index (χ2v) is 7.65. The van der Waals surface area contributed by atoms with Gasteiger partial charge in [-0.1, -0.05) is 18.6 Å². The van der Waals surface area contributed by atoms with Crippen LogP contribution in [-0.2, 0) is 0 Å². The van der Waals surface area contributed by atoms with E-state index in [2.05, 4.69) is 27.4 Å². The first kappa shape index (κ1) is 12.1. The lowest BCUT2D eigenvalue weighted by Gasteiger charge is -2.19. The number of rotatable bonds is 2. The summed E-state index contributed by atoms with van der Waals surface area (Å²) in [5.74, 6) is 2.20. The third kappa shape index (κ3) is 1.82. The first-order chi connectivity index (χ1) is 9.24. The first-order valence-corrected chi connectivity index (χ1v) is 8.61. The van der Waals surface area contributed by atoms with E-state index in [9.17, 15) is 4.79 Å². The molecule has 2 bridgehead atoms. The molecule has 1 aromatic heterocycles. The van der Waals surface area contributed by atoms with Gasteiger partial charge in [0.2, 0.25) is 0 Å². The quantitative estimate of drug-likeness (QED) is 0.682. The van der Waals surface area contributed by atoms with Crippen LogP contribution in [-0.4, -0.2) is 5.78 Å². The number of hydrogen-bond donors (Lipinski definition) is 0. The van der Waals surface area contributed by atoms with Crippen molar-refractivity contribution in [2.75, 3.05) is 0 Å². The molecule has 98 valence electrons. The maximum absolute atomic E-state index is 12.8. The van der Waals surface area contributed by atoms with Crippen molar-refractivity contribution < 1.29 is 4.79 Å². The van der Waals surface area contributed by atoms with Gasteiger partial charge in [-0.25, -0.2) is 0 Å². The number of carbonyl (C=O) groups excluding carboxylic acids is 1. The van der Waals surface area contributed by atoms with Gasteiger partial charge in [0.1, 0.15) is 0 Å². The zero-order valence-electron chi connectivity index (χ0n) is 10.6. The van der Waals surface area contributed by atoms with Crippen molar-refractivity contribution in [3.8, 4) is 0 Å². The van der Waals surface area contributed by atoms with E-state index < -0.39 is 0 Å². The third-order valence-corrected chi connectivity index (χ3v) is 6.84. The van der Waals surface area contributed by atoms with E-state index in [4.69, 9.17) is 0 Å². The lowest BCUT2D eigenvalue weighted by Crippen LogP contribution is -2.20. The molecular formula is C16H15BrOS. The summed E-state index contributed by atoms with van der Waals surface area (Å²) in [5.41, 5.74) is 0.957. The van der Waals surface area contributed by atoms with Crippen LogP contribution in [0.5, 0.6) is 0 Å². The van der Waals surface area contributed by atoms with Gasteiger partial charge in [0.15, 0.2) is 5.78 Å². The van der Waals surface area contributed by atoms with Crippen LogP contribution in [0, 0.1) is 17.8 Å². The molecule has 2 saturated carbocycles. The molecule has 0 spiro atoms. The number of Topliss-reactive ketones (excluding diaryl/α,β-unsaturated/α-hetero) is 1. The average Bonchev–Trinajstić information content (AvgIpc) is 3.12. The smallest absolute Gasteiger partial charge is 0.167 e. The standard InChI is InChI=1S/C16H15BrOS/c17-14-3-1-2-11-13(8-19-16(11)14)15(18)12-7-9-4-5-10(12)6-9/h1-3,8-10,12H,4-7H2. The lowest BCUT2D eigenvalue weighted by molar-refractivity contribution is 0.0877. The summed E-state index contributed by atoms with van der Waals surface area (Å²) in [6.45, 7) is 0. The van der Waals surface area contributed by atoms with Crippen LogP contribution in [0.15, 0.2) is 28.1 Å². The SMILES string of the molecule is O=C(c1csc2c(Br)cccc12)C1CC2CCC1C2. The highest BCUT2D eigenvalue weighted by Gasteiger charge is 2.43. The molecule has 3 heteroatoms. The molecule has 4 rings (SSSR count). The van der Waals surface area contributed by atoms with Gasteiger partial charge in [-0.05, 0) is 53.1 Å². The van der Waals surface area contributed by atoms with E-state index >= 15 is 0 Å². The summed E-state index contributed by atoms with van der Waals surface area (Å²) in [6, 6.07) is 6.15. The Bertz CT molecular complexity index is 660. The molecular weight excluding hydrogens is 320 g/mol. The molecule has 1 nitrogen and oxygen atoms in total. The normalized spacial score (nSPS) is 29.2. The number of halogens is 1. The molecule has 3 atom stereocenters. The zero-order valence-corrected chi connectivity index (χ0v) is 13.0. The van der Waals surface area contributed by atoms with Crippen LogP contribution >= 0.6 is 27.3 Å². The predicted molar refractivity (Wildman–Crippen MR) is 82.8 cm³/mol. The van der Waals surface area contributed by atoms with Crippen molar-refractivity contribution in [1.82, 2.24) is 0 Å². The summed E-state index contributed by atoms with van der Waals surface area (Å²) in [6.07, 6.45) is 5.05. The average molecular weight is 335 g/mol. The Kier molecular flexibility index (Phi) is 2.82. The highest BCUT2D eigenvalue weighted by atomic mass is 79.9. The number of benzene rings is 1. The van der Waals surface area contributed by atoms with Crippen molar-refractivity contribution in [2.45, 2.75) is 25.7 Å². The minimum atomic E-state index is 0.301. The van der Waals surface area contributed by atoms with Gasteiger partial charge in [-0.2, -0.15) is 0 Å². The van der Waals surface area contributed by atoms with Gasteiger partial charge in [-0.15, -0.1) is 11.3 Å². The molecule has 2 aliphatic rings. The highest BCUT2D eigenvalue weighted by molar-refractivity contribution is 9.10. The van der Waals surface area contributed by atoms with Crippen molar-refractivity contribution in [2.24, 2.45) is 17.8 Å². The maximum Gasteiger partial charge on any atom is 0.167 e. The maximum atomic E-state index is 12.8. The van der Waals surface area contributed by atoms with Gasteiger partial charge in [-0.3, -0.25) is 4.79 Å². The van der Waals surface area contributed by atoms with E-state index in [1.165, 1.54) is 24.0 Å².